The first kappa shape index (κ1) is 11.6. The first-order chi connectivity index (χ1) is 9.24. The van der Waals surface area contributed by atoms with Gasteiger partial charge in [-0.3, -0.25) is 0 Å². The summed E-state index contributed by atoms with van der Waals surface area (Å²) in [5.41, 5.74) is 0.0537. The standard InChI is InChI=1S/C15H20N2O2/c18-10-14-3-6-15(7-4-14,8-5-14)13-16-12(17-19-13)9-11-1-2-11/h10-11H,1-9H2. The van der Waals surface area contributed by atoms with Crippen LogP contribution in [-0.4, -0.2) is 16.4 Å². The monoisotopic (exact) mass is 260 g/mol. The Kier molecular flexibility index (Phi) is 2.39. The van der Waals surface area contributed by atoms with Crippen LogP contribution in [0.4, 0.5) is 0 Å². The number of aromatic nitrogens is 2. The fraction of sp³-hybridized carbons (Fsp3) is 0.800. The largest absolute Gasteiger partial charge is 0.339 e. The van der Waals surface area contributed by atoms with Crippen LogP contribution in [0.1, 0.15) is 63.1 Å². The normalized spacial score (nSPS) is 37.5. The molecule has 0 atom stereocenters. The van der Waals surface area contributed by atoms with Gasteiger partial charge in [-0.25, -0.2) is 0 Å². The zero-order valence-corrected chi connectivity index (χ0v) is 11.2. The second-order valence-corrected chi connectivity index (χ2v) is 6.92. The molecule has 4 nitrogen and oxygen atoms in total. The maximum absolute atomic E-state index is 11.3. The minimum Gasteiger partial charge on any atom is -0.339 e. The van der Waals surface area contributed by atoms with Crippen LogP contribution in [0.5, 0.6) is 0 Å². The van der Waals surface area contributed by atoms with Gasteiger partial charge in [-0.2, -0.15) is 4.98 Å². The molecule has 0 radical (unpaired) electrons. The van der Waals surface area contributed by atoms with E-state index in [4.69, 9.17) is 4.52 Å². The second kappa shape index (κ2) is 3.90. The molecule has 1 aromatic heterocycles. The summed E-state index contributed by atoms with van der Waals surface area (Å²) in [6.07, 6.45) is 10.9. The molecule has 0 N–H and O–H groups in total. The van der Waals surface area contributed by atoms with E-state index in [1.165, 1.54) is 19.1 Å². The summed E-state index contributed by atoms with van der Waals surface area (Å²) in [5, 5.41) is 4.16. The average Bonchev–Trinajstić information content (AvgIpc) is 3.16. The van der Waals surface area contributed by atoms with E-state index in [0.29, 0.717) is 0 Å². The third kappa shape index (κ3) is 1.84. The molecule has 5 rings (SSSR count). The van der Waals surface area contributed by atoms with E-state index in [1.807, 2.05) is 0 Å². The lowest BCUT2D eigenvalue weighted by Crippen LogP contribution is -2.45. The predicted molar refractivity (Wildman–Crippen MR) is 68.6 cm³/mol. The Bertz CT molecular complexity index is 479. The van der Waals surface area contributed by atoms with Crippen LogP contribution in [-0.2, 0) is 16.6 Å². The summed E-state index contributed by atoms with van der Waals surface area (Å²) < 4.78 is 5.57. The zero-order valence-electron chi connectivity index (χ0n) is 11.2. The van der Waals surface area contributed by atoms with Crippen molar-refractivity contribution >= 4 is 6.29 Å². The number of aldehydes is 1. The first-order valence-corrected chi connectivity index (χ1v) is 7.53. The Morgan fingerprint density at radius 2 is 1.84 bits per heavy atom. The third-order valence-corrected chi connectivity index (χ3v) is 5.64. The van der Waals surface area contributed by atoms with Crippen LogP contribution in [0.25, 0.3) is 0 Å². The van der Waals surface area contributed by atoms with Crippen molar-refractivity contribution in [3.8, 4) is 0 Å². The quantitative estimate of drug-likeness (QED) is 0.781. The maximum atomic E-state index is 11.3. The number of rotatable bonds is 4. The molecule has 0 spiro atoms. The molecule has 4 heteroatoms. The van der Waals surface area contributed by atoms with Gasteiger partial charge < -0.3 is 9.32 Å². The highest BCUT2D eigenvalue weighted by atomic mass is 16.5. The lowest BCUT2D eigenvalue weighted by Gasteiger charge is -2.49. The molecule has 1 aromatic rings. The van der Waals surface area contributed by atoms with Gasteiger partial charge in [-0.1, -0.05) is 5.16 Å². The number of carbonyl (C=O) groups is 1. The van der Waals surface area contributed by atoms with E-state index >= 15 is 0 Å². The summed E-state index contributed by atoms with van der Waals surface area (Å²) in [6.45, 7) is 0. The molecule has 1 heterocycles. The Balaban J connectivity index is 1.55. The summed E-state index contributed by atoms with van der Waals surface area (Å²) >= 11 is 0. The van der Waals surface area contributed by atoms with Gasteiger partial charge in [-0.05, 0) is 57.3 Å². The summed E-state index contributed by atoms with van der Waals surface area (Å²) in [4.78, 5) is 15.9. The highest BCUT2D eigenvalue weighted by molar-refractivity contribution is 5.60. The highest BCUT2D eigenvalue weighted by Crippen LogP contribution is 2.56. The molecule has 0 amide bonds. The second-order valence-electron chi connectivity index (χ2n) is 6.92. The smallest absolute Gasteiger partial charge is 0.232 e. The van der Waals surface area contributed by atoms with Gasteiger partial charge in [0.05, 0.1) is 0 Å². The van der Waals surface area contributed by atoms with Gasteiger partial charge in [0.2, 0.25) is 5.89 Å². The van der Waals surface area contributed by atoms with Crippen LogP contribution in [0.15, 0.2) is 4.52 Å². The van der Waals surface area contributed by atoms with E-state index in [1.54, 1.807) is 0 Å². The molecule has 0 saturated heterocycles. The topological polar surface area (TPSA) is 56.0 Å². The van der Waals surface area contributed by atoms with Crippen molar-refractivity contribution in [3.63, 3.8) is 0 Å². The average molecular weight is 260 g/mol. The number of hydrogen-bond acceptors (Lipinski definition) is 4. The van der Waals surface area contributed by atoms with Crippen molar-refractivity contribution in [1.82, 2.24) is 10.1 Å². The van der Waals surface area contributed by atoms with Crippen molar-refractivity contribution in [1.29, 1.82) is 0 Å². The van der Waals surface area contributed by atoms with Gasteiger partial charge in [0.25, 0.3) is 0 Å². The molecular formula is C15H20N2O2. The van der Waals surface area contributed by atoms with E-state index in [2.05, 4.69) is 10.1 Å². The van der Waals surface area contributed by atoms with Crippen LogP contribution >= 0.6 is 0 Å². The number of hydrogen-bond donors (Lipinski definition) is 0. The van der Waals surface area contributed by atoms with Gasteiger partial charge in [0.1, 0.15) is 6.29 Å². The fourth-order valence-corrected chi connectivity index (χ4v) is 3.84. The Labute approximate surface area is 113 Å². The zero-order chi connectivity index (χ0) is 12.9. The Hall–Kier alpha value is -1.19. The van der Waals surface area contributed by atoms with Gasteiger partial charge in [0, 0.05) is 17.3 Å². The van der Waals surface area contributed by atoms with Crippen molar-refractivity contribution in [2.45, 2.75) is 63.2 Å². The number of carbonyl (C=O) groups excluding carboxylic acids is 1. The molecule has 0 aliphatic heterocycles. The van der Waals surface area contributed by atoms with E-state index in [0.717, 1.165) is 62.6 Å². The Morgan fingerprint density at radius 1 is 1.16 bits per heavy atom. The molecule has 2 bridgehead atoms. The molecule has 0 unspecified atom stereocenters. The van der Waals surface area contributed by atoms with E-state index in [-0.39, 0.29) is 10.8 Å². The summed E-state index contributed by atoms with van der Waals surface area (Å²) in [7, 11) is 0. The van der Waals surface area contributed by atoms with Crippen LogP contribution in [0.3, 0.4) is 0 Å². The van der Waals surface area contributed by atoms with Gasteiger partial charge in [0.15, 0.2) is 5.82 Å². The first-order valence-electron chi connectivity index (χ1n) is 7.53. The lowest BCUT2D eigenvalue weighted by molar-refractivity contribution is -0.122. The van der Waals surface area contributed by atoms with Crippen molar-refractivity contribution in [3.05, 3.63) is 11.7 Å². The predicted octanol–water partition coefficient (Wildman–Crippen LogP) is 2.81. The van der Waals surface area contributed by atoms with Gasteiger partial charge >= 0.3 is 0 Å². The van der Waals surface area contributed by atoms with Crippen LogP contribution in [0.2, 0.25) is 0 Å². The van der Waals surface area contributed by atoms with Crippen molar-refractivity contribution in [2.24, 2.45) is 11.3 Å². The fourth-order valence-electron chi connectivity index (χ4n) is 3.84. The minimum absolute atomic E-state index is 0.0292. The molecule has 4 fully saturated rings. The number of fused-ring (bicyclic) bond motifs is 3. The minimum atomic E-state index is -0.0292. The van der Waals surface area contributed by atoms with Crippen LogP contribution in [0, 0.1) is 11.3 Å². The van der Waals surface area contributed by atoms with Crippen molar-refractivity contribution < 1.29 is 9.32 Å². The molecule has 0 aromatic carbocycles. The third-order valence-electron chi connectivity index (χ3n) is 5.64. The van der Waals surface area contributed by atoms with E-state index in [9.17, 15) is 4.79 Å². The van der Waals surface area contributed by atoms with Crippen LogP contribution < -0.4 is 0 Å². The molecule has 102 valence electrons. The lowest BCUT2D eigenvalue weighted by atomic mass is 9.54. The Morgan fingerprint density at radius 3 is 2.42 bits per heavy atom. The molecule has 4 aliphatic carbocycles. The maximum Gasteiger partial charge on any atom is 0.232 e. The molecule has 4 saturated carbocycles. The highest BCUT2D eigenvalue weighted by Gasteiger charge is 2.52. The summed E-state index contributed by atoms with van der Waals surface area (Å²) in [5.74, 6) is 2.54. The van der Waals surface area contributed by atoms with Gasteiger partial charge in [-0.15, -0.1) is 0 Å². The van der Waals surface area contributed by atoms with Crippen molar-refractivity contribution in [2.75, 3.05) is 0 Å². The molecular weight excluding hydrogens is 240 g/mol. The summed E-state index contributed by atoms with van der Waals surface area (Å²) in [6, 6.07) is 0. The molecule has 19 heavy (non-hydrogen) atoms. The molecule has 4 aliphatic rings. The number of nitrogens with zero attached hydrogens (tertiary/aromatic N) is 2. The SMILES string of the molecule is O=CC12CCC(c3nc(CC4CC4)no3)(CC1)CC2. The van der Waals surface area contributed by atoms with E-state index < -0.39 is 0 Å².